The second-order valence-corrected chi connectivity index (χ2v) is 5.93. The number of aryl methyl sites for hydroxylation is 1. The number of rotatable bonds is 12. The van der Waals surface area contributed by atoms with E-state index in [1.54, 1.807) is 0 Å². The maximum Gasteiger partial charge on any atom is 0.132 e. The van der Waals surface area contributed by atoms with Gasteiger partial charge in [0.15, 0.2) is 0 Å². The zero-order valence-electron chi connectivity index (χ0n) is 13.4. The van der Waals surface area contributed by atoms with E-state index in [4.69, 9.17) is 4.42 Å². The number of unbranched alkanes of at least 4 members (excludes halogenated alkanes) is 9. The molecular formula is C18H32O2. The molecule has 0 aliphatic rings. The highest BCUT2D eigenvalue weighted by molar-refractivity contribution is 5.07. The minimum atomic E-state index is -0.419. The van der Waals surface area contributed by atoms with Crippen molar-refractivity contribution in [2.24, 2.45) is 0 Å². The summed E-state index contributed by atoms with van der Waals surface area (Å²) in [4.78, 5) is 0. The Balaban J connectivity index is 1.89. The Morgan fingerprint density at radius 3 is 1.95 bits per heavy atom. The Morgan fingerprint density at radius 1 is 0.900 bits per heavy atom. The molecule has 0 bridgehead atoms. The fraction of sp³-hybridized carbons (Fsp3) is 0.778. The molecule has 0 fully saturated rings. The van der Waals surface area contributed by atoms with Crippen LogP contribution in [0.3, 0.4) is 0 Å². The molecule has 0 aromatic carbocycles. The first kappa shape index (κ1) is 17.3. The van der Waals surface area contributed by atoms with Crippen LogP contribution in [0.15, 0.2) is 16.5 Å². The van der Waals surface area contributed by atoms with Crippen LogP contribution < -0.4 is 0 Å². The quantitative estimate of drug-likeness (QED) is 0.481. The summed E-state index contributed by atoms with van der Waals surface area (Å²) in [5, 5.41) is 9.96. The second-order valence-electron chi connectivity index (χ2n) is 5.93. The van der Waals surface area contributed by atoms with Crippen molar-refractivity contribution in [1.82, 2.24) is 0 Å². The van der Waals surface area contributed by atoms with E-state index >= 15 is 0 Å². The Morgan fingerprint density at radius 2 is 1.45 bits per heavy atom. The zero-order valence-corrected chi connectivity index (χ0v) is 13.4. The van der Waals surface area contributed by atoms with Crippen LogP contribution >= 0.6 is 0 Å². The lowest BCUT2D eigenvalue weighted by molar-refractivity contribution is 0.135. The summed E-state index contributed by atoms with van der Waals surface area (Å²) in [5.74, 6) is 1.60. The molecule has 0 radical (unpaired) electrons. The molecule has 0 saturated heterocycles. The number of aliphatic hydroxyl groups is 1. The minimum Gasteiger partial charge on any atom is -0.464 e. The molecule has 1 N–H and O–H groups in total. The standard InChI is InChI=1S/C18H32O2/c1-3-4-5-6-7-8-9-10-11-12-13-17(19)18-15-14-16(2)20-18/h14-15,17,19H,3-13H2,1-2H3. The summed E-state index contributed by atoms with van der Waals surface area (Å²) in [6.45, 7) is 4.18. The average molecular weight is 280 g/mol. The van der Waals surface area contributed by atoms with Crippen LogP contribution in [0.1, 0.15) is 95.2 Å². The summed E-state index contributed by atoms with van der Waals surface area (Å²) >= 11 is 0. The third-order valence-corrected chi connectivity index (χ3v) is 3.92. The van der Waals surface area contributed by atoms with E-state index in [-0.39, 0.29) is 0 Å². The van der Waals surface area contributed by atoms with Crippen LogP contribution in [0.4, 0.5) is 0 Å². The molecule has 2 nitrogen and oxygen atoms in total. The van der Waals surface area contributed by atoms with E-state index in [1.807, 2.05) is 19.1 Å². The molecule has 0 amide bonds. The predicted molar refractivity (Wildman–Crippen MR) is 84.9 cm³/mol. The summed E-state index contributed by atoms with van der Waals surface area (Å²) in [6, 6.07) is 3.80. The maximum atomic E-state index is 9.96. The Labute approximate surface area is 124 Å². The molecule has 1 unspecified atom stereocenters. The van der Waals surface area contributed by atoms with Crippen molar-refractivity contribution in [1.29, 1.82) is 0 Å². The molecule has 0 saturated carbocycles. The molecule has 116 valence electrons. The lowest BCUT2D eigenvalue weighted by atomic mass is 10.0. The molecule has 0 aliphatic heterocycles. The van der Waals surface area contributed by atoms with Crippen molar-refractivity contribution in [2.45, 2.75) is 90.6 Å². The number of furan rings is 1. The van der Waals surface area contributed by atoms with E-state index in [1.165, 1.54) is 57.8 Å². The third kappa shape index (κ3) is 7.74. The van der Waals surface area contributed by atoms with Gasteiger partial charge in [0.2, 0.25) is 0 Å². The van der Waals surface area contributed by atoms with Gasteiger partial charge in [0.05, 0.1) is 0 Å². The molecule has 1 aromatic heterocycles. The Bertz CT molecular complexity index is 330. The molecule has 20 heavy (non-hydrogen) atoms. The second kappa shape index (κ2) is 11.0. The first-order chi connectivity index (χ1) is 9.74. The van der Waals surface area contributed by atoms with Gasteiger partial charge >= 0.3 is 0 Å². The summed E-state index contributed by atoms with van der Waals surface area (Å²) < 4.78 is 5.44. The van der Waals surface area contributed by atoms with Gasteiger partial charge in [-0.3, -0.25) is 0 Å². The van der Waals surface area contributed by atoms with Gasteiger partial charge in [-0.2, -0.15) is 0 Å². The maximum absolute atomic E-state index is 9.96. The van der Waals surface area contributed by atoms with Crippen LogP contribution in [-0.4, -0.2) is 5.11 Å². The van der Waals surface area contributed by atoms with E-state index in [2.05, 4.69) is 6.92 Å². The molecule has 1 aromatic rings. The zero-order chi connectivity index (χ0) is 14.6. The van der Waals surface area contributed by atoms with Gasteiger partial charge in [-0.15, -0.1) is 0 Å². The SMILES string of the molecule is CCCCCCCCCCCCC(O)c1ccc(C)o1. The van der Waals surface area contributed by atoms with Gasteiger partial charge in [-0.25, -0.2) is 0 Å². The van der Waals surface area contributed by atoms with Crippen molar-refractivity contribution in [2.75, 3.05) is 0 Å². The van der Waals surface area contributed by atoms with Crippen LogP contribution in [-0.2, 0) is 0 Å². The summed E-state index contributed by atoms with van der Waals surface area (Å²) in [5.41, 5.74) is 0. The van der Waals surface area contributed by atoms with E-state index in [9.17, 15) is 5.11 Å². The first-order valence-electron chi connectivity index (χ1n) is 8.48. The topological polar surface area (TPSA) is 33.4 Å². The Hall–Kier alpha value is -0.760. The van der Waals surface area contributed by atoms with Gasteiger partial charge in [0.25, 0.3) is 0 Å². The van der Waals surface area contributed by atoms with Gasteiger partial charge in [-0.05, 0) is 25.5 Å². The van der Waals surface area contributed by atoms with Crippen molar-refractivity contribution in [3.63, 3.8) is 0 Å². The largest absolute Gasteiger partial charge is 0.464 e. The van der Waals surface area contributed by atoms with Crippen LogP contribution in [0.2, 0.25) is 0 Å². The van der Waals surface area contributed by atoms with Crippen molar-refractivity contribution < 1.29 is 9.52 Å². The third-order valence-electron chi connectivity index (χ3n) is 3.92. The van der Waals surface area contributed by atoms with Gasteiger partial charge in [0.1, 0.15) is 17.6 Å². The van der Waals surface area contributed by atoms with Gasteiger partial charge in [0, 0.05) is 0 Å². The molecule has 1 atom stereocenters. The molecular weight excluding hydrogens is 248 g/mol. The predicted octanol–water partition coefficient (Wildman–Crippen LogP) is 5.93. The number of hydrogen-bond acceptors (Lipinski definition) is 2. The van der Waals surface area contributed by atoms with E-state index < -0.39 is 6.10 Å². The Kier molecular flexibility index (Phi) is 9.48. The number of hydrogen-bond donors (Lipinski definition) is 1. The summed E-state index contributed by atoms with van der Waals surface area (Å²) in [6.07, 6.45) is 13.7. The van der Waals surface area contributed by atoms with Crippen molar-refractivity contribution in [3.8, 4) is 0 Å². The smallest absolute Gasteiger partial charge is 0.132 e. The first-order valence-corrected chi connectivity index (χ1v) is 8.48. The number of aliphatic hydroxyl groups excluding tert-OH is 1. The minimum absolute atomic E-state index is 0.419. The fourth-order valence-corrected chi connectivity index (χ4v) is 2.60. The van der Waals surface area contributed by atoms with Crippen molar-refractivity contribution in [3.05, 3.63) is 23.7 Å². The highest BCUT2D eigenvalue weighted by Crippen LogP contribution is 2.22. The van der Waals surface area contributed by atoms with Crippen LogP contribution in [0.25, 0.3) is 0 Å². The molecule has 0 aliphatic carbocycles. The highest BCUT2D eigenvalue weighted by Gasteiger charge is 2.10. The van der Waals surface area contributed by atoms with Gasteiger partial charge in [-0.1, -0.05) is 71.1 Å². The fourth-order valence-electron chi connectivity index (χ4n) is 2.60. The molecule has 1 rings (SSSR count). The molecule has 2 heteroatoms. The molecule has 1 heterocycles. The highest BCUT2D eigenvalue weighted by atomic mass is 16.4. The van der Waals surface area contributed by atoms with Crippen LogP contribution in [0.5, 0.6) is 0 Å². The normalized spacial score (nSPS) is 12.8. The van der Waals surface area contributed by atoms with E-state index in [0.29, 0.717) is 0 Å². The average Bonchev–Trinajstić information content (AvgIpc) is 2.87. The summed E-state index contributed by atoms with van der Waals surface area (Å²) in [7, 11) is 0. The van der Waals surface area contributed by atoms with Crippen LogP contribution in [0, 0.1) is 6.92 Å². The molecule has 0 spiro atoms. The lowest BCUT2D eigenvalue weighted by Crippen LogP contribution is -1.95. The van der Waals surface area contributed by atoms with Crippen molar-refractivity contribution >= 4 is 0 Å². The van der Waals surface area contributed by atoms with E-state index in [0.717, 1.165) is 24.4 Å². The van der Waals surface area contributed by atoms with Gasteiger partial charge < -0.3 is 9.52 Å². The lowest BCUT2D eigenvalue weighted by Gasteiger charge is -2.07. The monoisotopic (exact) mass is 280 g/mol.